The molecule has 1 aromatic rings. The van der Waals surface area contributed by atoms with Crippen molar-refractivity contribution in [2.45, 2.75) is 17.4 Å². The third kappa shape index (κ3) is 3.41. The zero-order valence-electron chi connectivity index (χ0n) is 9.46. The third-order valence-corrected chi connectivity index (χ3v) is 3.78. The zero-order valence-corrected chi connectivity index (χ0v) is 10.3. The van der Waals surface area contributed by atoms with E-state index in [2.05, 4.69) is 5.32 Å². The predicted octanol–water partition coefficient (Wildman–Crippen LogP) is 2.12. The van der Waals surface area contributed by atoms with E-state index in [4.69, 9.17) is 5.11 Å². The standard InChI is InChI=1S/C11H13F2NO2S/c1-11(14-2,10(15)16)6-17-9-5-7(12)3-4-8(9)13/h3-5,14H,6H2,1-2H3,(H,15,16). The molecule has 0 spiro atoms. The summed E-state index contributed by atoms with van der Waals surface area (Å²) in [7, 11) is 1.51. The van der Waals surface area contributed by atoms with Gasteiger partial charge >= 0.3 is 5.97 Å². The summed E-state index contributed by atoms with van der Waals surface area (Å²) in [6.07, 6.45) is 0. The quantitative estimate of drug-likeness (QED) is 0.797. The van der Waals surface area contributed by atoms with Gasteiger partial charge in [0, 0.05) is 10.6 Å². The minimum atomic E-state index is -1.18. The Morgan fingerprint density at radius 2 is 2.18 bits per heavy atom. The summed E-state index contributed by atoms with van der Waals surface area (Å²) in [5, 5.41) is 11.6. The molecule has 6 heteroatoms. The number of hydrogen-bond donors (Lipinski definition) is 2. The fourth-order valence-electron chi connectivity index (χ4n) is 1.05. The molecule has 94 valence electrons. The molecular weight excluding hydrogens is 248 g/mol. The molecule has 17 heavy (non-hydrogen) atoms. The van der Waals surface area contributed by atoms with Gasteiger partial charge in [-0.1, -0.05) is 0 Å². The van der Waals surface area contributed by atoms with Crippen LogP contribution in [0, 0.1) is 11.6 Å². The maximum Gasteiger partial charge on any atom is 0.324 e. The molecule has 1 aromatic carbocycles. The van der Waals surface area contributed by atoms with Crippen LogP contribution in [0.3, 0.4) is 0 Å². The van der Waals surface area contributed by atoms with Crippen molar-refractivity contribution in [3.05, 3.63) is 29.8 Å². The third-order valence-electron chi connectivity index (χ3n) is 2.43. The molecule has 0 aliphatic heterocycles. The van der Waals surface area contributed by atoms with Gasteiger partial charge in [0.25, 0.3) is 0 Å². The SMILES string of the molecule is CNC(C)(CSc1cc(F)ccc1F)C(=O)O. The highest BCUT2D eigenvalue weighted by atomic mass is 32.2. The Bertz CT molecular complexity index is 428. The Kier molecular flexibility index (Phi) is 4.47. The van der Waals surface area contributed by atoms with Crippen LogP contribution >= 0.6 is 11.8 Å². The Morgan fingerprint density at radius 3 is 2.71 bits per heavy atom. The van der Waals surface area contributed by atoms with Crippen LogP contribution in [0.25, 0.3) is 0 Å². The van der Waals surface area contributed by atoms with Gasteiger partial charge in [0.05, 0.1) is 0 Å². The molecule has 0 heterocycles. The fraction of sp³-hybridized carbons (Fsp3) is 0.364. The predicted molar refractivity (Wildman–Crippen MR) is 62.2 cm³/mol. The summed E-state index contributed by atoms with van der Waals surface area (Å²) in [6, 6.07) is 3.10. The van der Waals surface area contributed by atoms with Crippen molar-refractivity contribution < 1.29 is 18.7 Å². The molecule has 0 aliphatic carbocycles. The molecule has 0 bridgehead atoms. The van der Waals surface area contributed by atoms with Crippen LogP contribution in [0.5, 0.6) is 0 Å². The lowest BCUT2D eigenvalue weighted by Gasteiger charge is -2.23. The number of hydrogen-bond acceptors (Lipinski definition) is 3. The lowest BCUT2D eigenvalue weighted by molar-refractivity contribution is -0.142. The van der Waals surface area contributed by atoms with E-state index in [1.54, 1.807) is 0 Å². The van der Waals surface area contributed by atoms with Gasteiger partial charge in [0.1, 0.15) is 17.2 Å². The molecule has 3 nitrogen and oxygen atoms in total. The van der Waals surface area contributed by atoms with Gasteiger partial charge in [-0.25, -0.2) is 8.78 Å². The van der Waals surface area contributed by atoms with E-state index in [9.17, 15) is 13.6 Å². The Labute approximate surface area is 102 Å². The molecule has 0 fully saturated rings. The topological polar surface area (TPSA) is 49.3 Å². The second kappa shape index (κ2) is 5.46. The summed E-state index contributed by atoms with van der Waals surface area (Å²) in [6.45, 7) is 1.49. The van der Waals surface area contributed by atoms with Gasteiger partial charge in [-0.05, 0) is 32.2 Å². The van der Waals surface area contributed by atoms with Gasteiger partial charge in [0.15, 0.2) is 0 Å². The van der Waals surface area contributed by atoms with Crippen LogP contribution in [-0.4, -0.2) is 29.4 Å². The fourth-order valence-corrected chi connectivity index (χ4v) is 2.16. The van der Waals surface area contributed by atoms with Gasteiger partial charge in [-0.3, -0.25) is 4.79 Å². The van der Waals surface area contributed by atoms with Crippen molar-refractivity contribution >= 4 is 17.7 Å². The monoisotopic (exact) mass is 261 g/mol. The van der Waals surface area contributed by atoms with Crippen LogP contribution in [-0.2, 0) is 4.79 Å². The first-order chi connectivity index (χ1) is 7.89. The number of thioether (sulfide) groups is 1. The highest BCUT2D eigenvalue weighted by molar-refractivity contribution is 7.99. The van der Waals surface area contributed by atoms with E-state index in [0.29, 0.717) is 0 Å². The van der Waals surface area contributed by atoms with Crippen molar-refractivity contribution in [1.82, 2.24) is 5.32 Å². The lowest BCUT2D eigenvalue weighted by atomic mass is 10.1. The van der Waals surface area contributed by atoms with Crippen LogP contribution in [0.15, 0.2) is 23.1 Å². The van der Waals surface area contributed by atoms with Gasteiger partial charge in [-0.2, -0.15) is 0 Å². The molecule has 1 unspecified atom stereocenters. The Morgan fingerprint density at radius 1 is 1.53 bits per heavy atom. The van der Waals surface area contributed by atoms with Crippen LogP contribution < -0.4 is 5.32 Å². The number of likely N-dealkylation sites (N-methyl/N-ethyl adjacent to an activating group) is 1. The van der Waals surface area contributed by atoms with Gasteiger partial charge in [-0.15, -0.1) is 11.8 Å². The number of rotatable bonds is 5. The van der Waals surface area contributed by atoms with Gasteiger partial charge < -0.3 is 10.4 Å². The molecule has 1 rings (SSSR count). The van der Waals surface area contributed by atoms with E-state index in [-0.39, 0.29) is 10.6 Å². The van der Waals surface area contributed by atoms with E-state index in [1.807, 2.05) is 0 Å². The molecule has 0 aromatic heterocycles. The first-order valence-electron chi connectivity index (χ1n) is 4.89. The number of halogens is 2. The molecule has 0 saturated heterocycles. The van der Waals surface area contributed by atoms with Crippen molar-refractivity contribution in [2.24, 2.45) is 0 Å². The molecule has 0 radical (unpaired) electrons. The van der Waals surface area contributed by atoms with Crippen LogP contribution in [0.2, 0.25) is 0 Å². The summed E-state index contributed by atoms with van der Waals surface area (Å²) in [5.74, 6) is -2.04. The normalized spacial score (nSPS) is 14.4. The first-order valence-corrected chi connectivity index (χ1v) is 5.88. The maximum absolute atomic E-state index is 13.3. The highest BCUT2D eigenvalue weighted by Gasteiger charge is 2.31. The lowest BCUT2D eigenvalue weighted by Crippen LogP contribution is -2.49. The molecule has 1 atom stereocenters. The summed E-state index contributed by atoms with van der Waals surface area (Å²) >= 11 is 0.963. The smallest absolute Gasteiger partial charge is 0.324 e. The summed E-state index contributed by atoms with van der Waals surface area (Å²) < 4.78 is 26.2. The van der Waals surface area contributed by atoms with Crippen molar-refractivity contribution in [2.75, 3.05) is 12.8 Å². The van der Waals surface area contributed by atoms with E-state index < -0.39 is 23.1 Å². The van der Waals surface area contributed by atoms with Crippen molar-refractivity contribution in [3.8, 4) is 0 Å². The summed E-state index contributed by atoms with van der Waals surface area (Å²) in [5.41, 5.74) is -1.18. The molecule has 2 N–H and O–H groups in total. The minimum absolute atomic E-state index is 0.0964. The number of benzene rings is 1. The second-order valence-corrected chi connectivity index (χ2v) is 4.77. The molecule has 0 aliphatic rings. The summed E-state index contributed by atoms with van der Waals surface area (Å²) in [4.78, 5) is 11.1. The Balaban J connectivity index is 2.79. The number of carboxylic acid groups (broad SMARTS) is 1. The zero-order chi connectivity index (χ0) is 13.1. The van der Waals surface area contributed by atoms with Gasteiger partial charge in [0.2, 0.25) is 0 Å². The van der Waals surface area contributed by atoms with Crippen molar-refractivity contribution in [1.29, 1.82) is 0 Å². The number of carbonyl (C=O) groups is 1. The average molecular weight is 261 g/mol. The van der Waals surface area contributed by atoms with E-state index >= 15 is 0 Å². The second-order valence-electron chi connectivity index (χ2n) is 3.75. The highest BCUT2D eigenvalue weighted by Crippen LogP contribution is 2.26. The number of aliphatic carboxylic acids is 1. The minimum Gasteiger partial charge on any atom is -0.480 e. The van der Waals surface area contributed by atoms with Crippen LogP contribution in [0.1, 0.15) is 6.92 Å². The average Bonchev–Trinajstić information content (AvgIpc) is 2.29. The first kappa shape index (κ1) is 13.9. The van der Waals surface area contributed by atoms with Crippen molar-refractivity contribution in [3.63, 3.8) is 0 Å². The largest absolute Gasteiger partial charge is 0.480 e. The van der Waals surface area contributed by atoms with Crippen LogP contribution in [0.4, 0.5) is 8.78 Å². The number of nitrogens with one attached hydrogen (secondary N) is 1. The molecule has 0 amide bonds. The Hall–Kier alpha value is -1.14. The molecular formula is C11H13F2NO2S. The molecule has 0 saturated carbocycles. The number of carboxylic acids is 1. The van der Waals surface area contributed by atoms with E-state index in [1.165, 1.54) is 14.0 Å². The van der Waals surface area contributed by atoms with E-state index in [0.717, 1.165) is 30.0 Å². The maximum atomic E-state index is 13.3.